The monoisotopic (exact) mass is 1740 g/mol. The van der Waals surface area contributed by atoms with E-state index in [1.54, 1.807) is 34.0 Å². The average molecular weight is 1740 g/mol. The molecule has 24 aromatic carbocycles. The highest BCUT2D eigenvalue weighted by molar-refractivity contribution is 7.26. The summed E-state index contributed by atoms with van der Waals surface area (Å²) in [5, 5.41) is 11.9. The third kappa shape index (κ3) is 13.5. The van der Waals surface area contributed by atoms with Crippen LogP contribution in [-0.4, -0.2) is 0 Å². The number of thiophene rings is 3. The smallest absolute Gasteiger partial charge is 0.0629 e. The Morgan fingerprint density at radius 3 is 0.611 bits per heavy atom. The fourth-order valence-corrected chi connectivity index (χ4v) is 22.6. The van der Waals surface area contributed by atoms with E-state index in [1.807, 2.05) is 315 Å². The van der Waals surface area contributed by atoms with E-state index in [0.717, 1.165) is 127 Å². The lowest BCUT2D eigenvalue weighted by molar-refractivity contribution is 1.58. The third-order valence-corrected chi connectivity index (χ3v) is 28.6. The molecule has 0 nitrogen and oxygen atoms in total. The number of fused-ring (bicyclic) bond motifs is 17. The zero-order valence-electron chi connectivity index (χ0n) is 93.6. The number of benzene rings is 24. The summed E-state index contributed by atoms with van der Waals surface area (Å²) in [5.74, 6) is 0. The molecule has 0 aliphatic carbocycles. The molecule has 0 saturated heterocycles. The first kappa shape index (κ1) is 56.3. The highest BCUT2D eigenvalue weighted by Crippen LogP contribution is 2.53. The molecule has 3 aromatic heterocycles. The summed E-state index contributed by atoms with van der Waals surface area (Å²) in [6.45, 7) is 0. The standard InChI is InChI=1S/C44H28S.2C42H26S/c1-3-13-29(14-4-1)32-25-33(30-15-5-2-6-16-30)27-34(26-32)44-38-20-9-7-18-36(38)43(37-19-8-10-21-39(37)44)31-23-24-42-40(28-31)35-17-11-12-22-41(35)45-42;2*1-2-12-27(13-3-1)29-23-24-37(31-15-5-4-14-30(29)31)42-35-19-8-6-17-33(35)41(34-18-7-9-20-36(34)42)28-22-25-40-38(26-28)32-16-10-11-21-39(32)43-40/h1-28H;2*1-26H/i7D,8D,9D,10D,18D,19D,20D,21D;2*6D,7D,8D,9D,17D,18D,19D,20D. The van der Waals surface area contributed by atoms with E-state index in [-0.39, 0.29) is 137 Å². The fraction of sp³-hybridized carbons (Fsp3) is 0. The van der Waals surface area contributed by atoms with Crippen molar-refractivity contribution in [3.05, 3.63) is 485 Å². The van der Waals surface area contributed by atoms with Gasteiger partial charge in [0.15, 0.2) is 0 Å². The molecular weight excluding hydrogens is 1630 g/mol. The van der Waals surface area contributed by atoms with Gasteiger partial charge in [-0.15, -0.1) is 34.0 Å². The van der Waals surface area contributed by atoms with Gasteiger partial charge in [-0.1, -0.05) is 412 Å². The summed E-state index contributed by atoms with van der Waals surface area (Å²) in [6, 6.07) is 102. The van der Waals surface area contributed by atoms with Crippen molar-refractivity contribution in [3.63, 3.8) is 0 Å². The number of rotatable bonds is 10. The first-order valence-electron chi connectivity index (χ1n) is 55.0. The average Bonchev–Trinajstić information content (AvgIpc) is 1.15. The van der Waals surface area contributed by atoms with Crippen molar-refractivity contribution in [1.82, 2.24) is 0 Å². The Bertz CT molecular complexity index is 10100. The summed E-state index contributed by atoms with van der Waals surface area (Å²) in [5.41, 5.74) is 13.2. The summed E-state index contributed by atoms with van der Waals surface area (Å²) < 4.78 is 225. The van der Waals surface area contributed by atoms with Gasteiger partial charge in [-0.3, -0.25) is 0 Å². The Kier molecular flexibility index (Phi) is 14.0. The van der Waals surface area contributed by atoms with Crippen LogP contribution in [0.1, 0.15) is 32.9 Å². The lowest BCUT2D eigenvalue weighted by Crippen LogP contribution is -1.92. The van der Waals surface area contributed by atoms with Crippen molar-refractivity contribution in [2.24, 2.45) is 0 Å². The molecule has 0 amide bonds. The Balaban J connectivity index is 0.000000119. The maximum absolute atomic E-state index is 9.44. The van der Waals surface area contributed by atoms with E-state index in [1.165, 1.54) is 0 Å². The minimum absolute atomic E-state index is 0.197. The molecule has 0 radical (unpaired) electrons. The van der Waals surface area contributed by atoms with Crippen LogP contribution in [-0.2, 0) is 0 Å². The van der Waals surface area contributed by atoms with Gasteiger partial charge in [-0.2, -0.15) is 0 Å². The molecule has 0 bridgehead atoms. The summed E-state index contributed by atoms with van der Waals surface area (Å²) in [4.78, 5) is 0. The predicted molar refractivity (Wildman–Crippen MR) is 572 cm³/mol. The van der Waals surface area contributed by atoms with Gasteiger partial charge in [0.25, 0.3) is 0 Å². The van der Waals surface area contributed by atoms with E-state index < -0.39 is 72.5 Å². The van der Waals surface area contributed by atoms with Gasteiger partial charge >= 0.3 is 0 Å². The Labute approximate surface area is 804 Å². The van der Waals surface area contributed by atoms with Gasteiger partial charge in [0, 0.05) is 60.5 Å². The van der Waals surface area contributed by atoms with Crippen LogP contribution in [0.3, 0.4) is 0 Å². The second-order valence-corrected chi connectivity index (χ2v) is 35.6. The molecule has 0 atom stereocenters. The van der Waals surface area contributed by atoms with E-state index in [0.29, 0.717) is 66.8 Å². The fourth-order valence-electron chi connectivity index (χ4n) is 19.4. The molecule has 3 heteroatoms. The molecule has 0 unspecified atom stereocenters. The quantitative estimate of drug-likeness (QED) is 0.120. The lowest BCUT2D eigenvalue weighted by atomic mass is 9.83. The van der Waals surface area contributed by atoms with Gasteiger partial charge in [-0.05, 0) is 270 Å². The van der Waals surface area contributed by atoms with Crippen molar-refractivity contribution >= 4 is 181 Å². The molecular formula is C128H80S3. The largest absolute Gasteiger partial charge is 0.135 e. The molecule has 0 saturated carbocycles. The van der Waals surface area contributed by atoms with Gasteiger partial charge in [0.1, 0.15) is 0 Å². The molecule has 131 heavy (non-hydrogen) atoms. The van der Waals surface area contributed by atoms with Crippen LogP contribution in [0, 0.1) is 0 Å². The third-order valence-electron chi connectivity index (χ3n) is 25.1. The molecule has 0 aliphatic rings. The molecule has 27 rings (SSSR count). The van der Waals surface area contributed by atoms with E-state index in [4.69, 9.17) is 16.4 Å². The van der Waals surface area contributed by atoms with E-state index in [9.17, 15) is 16.4 Å². The maximum atomic E-state index is 9.44. The molecule has 27 aromatic rings. The second-order valence-electron chi connectivity index (χ2n) is 32.4. The van der Waals surface area contributed by atoms with E-state index in [2.05, 4.69) is 24.3 Å². The predicted octanol–water partition coefficient (Wildman–Crippen LogP) is 38.1. The van der Waals surface area contributed by atoms with Crippen LogP contribution in [0.5, 0.6) is 0 Å². The zero-order chi connectivity index (χ0) is 107. The molecule has 0 N–H and O–H groups in total. The normalized spacial score (nSPS) is 14.2. The van der Waals surface area contributed by atoms with Crippen LogP contribution in [0.2, 0.25) is 0 Å². The first-order chi connectivity index (χ1) is 75.0. The van der Waals surface area contributed by atoms with Crippen molar-refractivity contribution in [2.45, 2.75) is 0 Å². The first-order valence-corrected chi connectivity index (χ1v) is 45.5. The summed E-state index contributed by atoms with van der Waals surface area (Å²) in [6.07, 6.45) is 0. The van der Waals surface area contributed by atoms with Crippen LogP contribution >= 0.6 is 34.0 Å². The summed E-state index contributed by atoms with van der Waals surface area (Å²) >= 11 is 4.95. The summed E-state index contributed by atoms with van der Waals surface area (Å²) in [7, 11) is 0. The Morgan fingerprint density at radius 2 is 0.328 bits per heavy atom. The Hall–Kier alpha value is -16.0. The minimum atomic E-state index is -0.420. The lowest BCUT2D eigenvalue weighted by Gasteiger charge is -2.19. The second kappa shape index (κ2) is 32.7. The zero-order valence-corrected chi connectivity index (χ0v) is 72.0. The van der Waals surface area contributed by atoms with Gasteiger partial charge in [-0.25, -0.2) is 0 Å². The highest BCUT2D eigenvalue weighted by Gasteiger charge is 2.25. The van der Waals surface area contributed by atoms with Crippen molar-refractivity contribution in [3.8, 4) is 111 Å². The SMILES string of the molecule is [2H]c1c([2H])c([2H])c2c(-c3ccc(-c4ccccc4)c4ccccc34)c3c([2H])c([2H])c([2H])c([2H])c3c(-c3ccc4sc5ccccc5c4c3)c2c1[2H].[2H]c1c([2H])c([2H])c2c(-c3ccc(-c4ccccc4)c4ccccc34)c3c([2H])c([2H])c([2H])c([2H])c3c(-c3ccc4sc5ccccc5c4c3)c2c1[2H].[2H]c1c([2H])c([2H])c2c(-c3ccc4sc5ccccc5c4c3)c3c([2H])c([2H])c([2H])c([2H])c3c(-c3cc(-c4ccccc4)cc(-c4ccccc4)c3)c2c1[2H]. The molecule has 0 spiro atoms. The van der Waals surface area contributed by atoms with Crippen molar-refractivity contribution in [2.75, 3.05) is 0 Å². The molecule has 0 aliphatic heterocycles. The van der Waals surface area contributed by atoms with Crippen LogP contribution in [0.4, 0.5) is 0 Å². The van der Waals surface area contributed by atoms with Crippen LogP contribution in [0.25, 0.3) is 258 Å². The van der Waals surface area contributed by atoms with Crippen LogP contribution in [0.15, 0.2) is 485 Å². The van der Waals surface area contributed by atoms with Gasteiger partial charge in [0.05, 0.1) is 32.9 Å². The van der Waals surface area contributed by atoms with E-state index >= 15 is 0 Å². The minimum Gasteiger partial charge on any atom is -0.135 e. The Morgan fingerprint density at radius 1 is 0.122 bits per heavy atom. The van der Waals surface area contributed by atoms with Crippen LogP contribution < -0.4 is 0 Å². The molecule has 3 heterocycles. The van der Waals surface area contributed by atoms with Gasteiger partial charge in [0.2, 0.25) is 0 Å². The molecule has 610 valence electrons. The number of hydrogen-bond acceptors (Lipinski definition) is 3. The topological polar surface area (TPSA) is 0 Å². The highest BCUT2D eigenvalue weighted by atomic mass is 32.1. The van der Waals surface area contributed by atoms with Crippen molar-refractivity contribution < 1.29 is 32.9 Å². The number of hydrogen-bond donors (Lipinski definition) is 0. The maximum Gasteiger partial charge on any atom is 0.0629 e. The van der Waals surface area contributed by atoms with Crippen molar-refractivity contribution in [1.29, 1.82) is 0 Å². The van der Waals surface area contributed by atoms with Gasteiger partial charge < -0.3 is 0 Å². The molecule has 0 fully saturated rings.